The van der Waals surface area contributed by atoms with Crippen molar-refractivity contribution in [2.75, 3.05) is 12.8 Å². The van der Waals surface area contributed by atoms with Gasteiger partial charge in [0.25, 0.3) is 0 Å². The van der Waals surface area contributed by atoms with Crippen molar-refractivity contribution in [3.05, 3.63) is 24.8 Å². The molecule has 0 bridgehead atoms. The van der Waals surface area contributed by atoms with Crippen LogP contribution in [0.25, 0.3) is 0 Å². The summed E-state index contributed by atoms with van der Waals surface area (Å²) in [5.41, 5.74) is 0.782. The van der Waals surface area contributed by atoms with E-state index in [1.165, 1.54) is 0 Å². The molecule has 0 amide bonds. The lowest BCUT2D eigenvalue weighted by Gasteiger charge is -1.93. The zero-order valence-electron chi connectivity index (χ0n) is 7.66. The summed E-state index contributed by atoms with van der Waals surface area (Å²) < 4.78 is 16.1. The standard InChI is InChI=1S/C10H14O2P/c1-4-6-8-13(11)12-9-10(3)7-5-2/h2,4H,1,3,6-9H2/q+1. The van der Waals surface area contributed by atoms with Gasteiger partial charge in [-0.1, -0.05) is 12.7 Å². The maximum absolute atomic E-state index is 11.1. The maximum atomic E-state index is 11.1. The number of hydrogen-bond donors (Lipinski definition) is 0. The summed E-state index contributed by atoms with van der Waals surface area (Å²) in [5, 5.41) is 0. The third kappa shape index (κ3) is 7.46. The molecule has 0 aliphatic heterocycles. The first-order valence-electron chi connectivity index (χ1n) is 3.99. The van der Waals surface area contributed by atoms with Crippen LogP contribution < -0.4 is 0 Å². The summed E-state index contributed by atoms with van der Waals surface area (Å²) >= 11 is 0. The van der Waals surface area contributed by atoms with Crippen molar-refractivity contribution < 1.29 is 9.09 Å². The van der Waals surface area contributed by atoms with Gasteiger partial charge < -0.3 is 0 Å². The van der Waals surface area contributed by atoms with Gasteiger partial charge in [-0.15, -0.1) is 23.4 Å². The van der Waals surface area contributed by atoms with Crippen molar-refractivity contribution in [2.24, 2.45) is 0 Å². The Bertz CT molecular complexity index is 238. The fraction of sp³-hybridized carbons (Fsp3) is 0.400. The smallest absolute Gasteiger partial charge is 0.142 e. The van der Waals surface area contributed by atoms with Crippen LogP contribution in [0.1, 0.15) is 12.8 Å². The van der Waals surface area contributed by atoms with E-state index in [2.05, 4.69) is 19.1 Å². The van der Waals surface area contributed by atoms with E-state index in [0.29, 0.717) is 19.0 Å². The molecule has 0 saturated heterocycles. The largest absolute Gasteiger partial charge is 0.508 e. The van der Waals surface area contributed by atoms with Crippen molar-refractivity contribution >= 4 is 8.03 Å². The van der Waals surface area contributed by atoms with Crippen molar-refractivity contribution in [1.29, 1.82) is 0 Å². The van der Waals surface area contributed by atoms with Crippen LogP contribution >= 0.6 is 8.03 Å². The quantitative estimate of drug-likeness (QED) is 0.356. The lowest BCUT2D eigenvalue weighted by atomic mass is 10.2. The van der Waals surface area contributed by atoms with Crippen LogP contribution in [-0.2, 0) is 9.09 Å². The average Bonchev–Trinajstić information content (AvgIpc) is 2.12. The molecule has 0 aliphatic rings. The highest BCUT2D eigenvalue weighted by atomic mass is 31.1. The first-order valence-corrected chi connectivity index (χ1v) is 5.35. The predicted octanol–water partition coefficient (Wildman–Crippen LogP) is 2.90. The van der Waals surface area contributed by atoms with Gasteiger partial charge in [0.1, 0.15) is 6.61 Å². The van der Waals surface area contributed by atoms with Gasteiger partial charge >= 0.3 is 8.03 Å². The lowest BCUT2D eigenvalue weighted by molar-refractivity contribution is 0.360. The molecule has 0 rings (SSSR count). The SMILES string of the molecule is C#CCC(=C)CO[P+](=O)CCC=C. The third-order valence-electron chi connectivity index (χ3n) is 1.28. The van der Waals surface area contributed by atoms with Crippen LogP contribution in [0.5, 0.6) is 0 Å². The number of rotatable bonds is 7. The van der Waals surface area contributed by atoms with E-state index < -0.39 is 8.03 Å². The van der Waals surface area contributed by atoms with Crippen LogP contribution in [0.4, 0.5) is 0 Å². The Morgan fingerprint density at radius 3 is 2.92 bits per heavy atom. The Morgan fingerprint density at radius 2 is 2.38 bits per heavy atom. The van der Waals surface area contributed by atoms with Crippen LogP contribution in [0, 0.1) is 12.3 Å². The molecule has 0 aromatic carbocycles. The third-order valence-corrected chi connectivity index (χ3v) is 2.32. The number of terminal acetylenes is 1. The molecular formula is C10H14O2P+. The minimum Gasteiger partial charge on any atom is -0.142 e. The Balaban J connectivity index is 3.52. The maximum Gasteiger partial charge on any atom is 0.508 e. The van der Waals surface area contributed by atoms with Gasteiger partial charge in [0.2, 0.25) is 0 Å². The summed E-state index contributed by atoms with van der Waals surface area (Å²) in [7, 11) is -1.58. The van der Waals surface area contributed by atoms with E-state index in [9.17, 15) is 4.57 Å². The van der Waals surface area contributed by atoms with Crippen LogP contribution in [0.3, 0.4) is 0 Å². The Kier molecular flexibility index (Phi) is 7.20. The number of allylic oxidation sites excluding steroid dienone is 1. The highest BCUT2D eigenvalue weighted by Gasteiger charge is 2.15. The zero-order valence-corrected chi connectivity index (χ0v) is 8.56. The van der Waals surface area contributed by atoms with Crippen LogP contribution in [-0.4, -0.2) is 12.8 Å². The average molecular weight is 197 g/mol. The monoisotopic (exact) mass is 197 g/mol. The Hall–Kier alpha value is -0.900. The molecule has 13 heavy (non-hydrogen) atoms. The van der Waals surface area contributed by atoms with E-state index in [1.54, 1.807) is 6.08 Å². The van der Waals surface area contributed by atoms with E-state index in [1.807, 2.05) is 0 Å². The molecule has 1 atom stereocenters. The van der Waals surface area contributed by atoms with Gasteiger partial charge in [-0.3, -0.25) is 0 Å². The van der Waals surface area contributed by atoms with Gasteiger partial charge in [0.15, 0.2) is 6.16 Å². The number of hydrogen-bond acceptors (Lipinski definition) is 2. The van der Waals surface area contributed by atoms with E-state index in [4.69, 9.17) is 10.9 Å². The first-order chi connectivity index (χ1) is 6.20. The second kappa shape index (κ2) is 7.73. The van der Waals surface area contributed by atoms with Crippen molar-refractivity contribution in [3.63, 3.8) is 0 Å². The summed E-state index contributed by atoms with van der Waals surface area (Å²) in [4.78, 5) is 0. The molecule has 70 valence electrons. The van der Waals surface area contributed by atoms with Gasteiger partial charge in [0, 0.05) is 12.8 Å². The topological polar surface area (TPSA) is 26.3 Å². The highest BCUT2D eigenvalue weighted by molar-refractivity contribution is 7.39. The second-order valence-electron chi connectivity index (χ2n) is 2.54. The molecule has 0 heterocycles. The molecule has 0 aromatic heterocycles. The highest BCUT2D eigenvalue weighted by Crippen LogP contribution is 2.24. The molecular weight excluding hydrogens is 183 g/mol. The van der Waals surface area contributed by atoms with Gasteiger partial charge in [0.05, 0.1) is 0 Å². The fourth-order valence-corrected chi connectivity index (χ4v) is 1.47. The summed E-state index contributed by atoms with van der Waals surface area (Å²) in [6.45, 7) is 7.50. The van der Waals surface area contributed by atoms with E-state index in [0.717, 1.165) is 5.57 Å². The van der Waals surface area contributed by atoms with Crippen molar-refractivity contribution in [2.45, 2.75) is 12.8 Å². The molecule has 0 aromatic rings. The summed E-state index contributed by atoms with van der Waals surface area (Å²) in [6.07, 6.45) is 8.48. The minimum atomic E-state index is -1.58. The van der Waals surface area contributed by atoms with Gasteiger partial charge in [-0.2, -0.15) is 0 Å². The minimum absolute atomic E-state index is 0.288. The molecule has 0 N–H and O–H groups in total. The molecule has 3 heteroatoms. The summed E-state index contributed by atoms with van der Waals surface area (Å²) in [6, 6.07) is 0. The normalized spacial score (nSPS) is 10.2. The van der Waals surface area contributed by atoms with Crippen molar-refractivity contribution in [3.8, 4) is 12.3 Å². The second-order valence-corrected chi connectivity index (χ2v) is 3.91. The predicted molar refractivity (Wildman–Crippen MR) is 55.8 cm³/mol. The molecule has 0 fully saturated rings. The molecule has 0 aliphatic carbocycles. The van der Waals surface area contributed by atoms with Gasteiger partial charge in [-0.25, -0.2) is 0 Å². The Morgan fingerprint density at radius 1 is 1.69 bits per heavy atom. The molecule has 2 nitrogen and oxygen atoms in total. The molecule has 0 spiro atoms. The van der Waals surface area contributed by atoms with Crippen molar-refractivity contribution in [1.82, 2.24) is 0 Å². The van der Waals surface area contributed by atoms with E-state index >= 15 is 0 Å². The Labute approximate surface area is 80.5 Å². The molecule has 0 radical (unpaired) electrons. The molecule has 1 unspecified atom stereocenters. The fourth-order valence-electron chi connectivity index (χ4n) is 0.620. The van der Waals surface area contributed by atoms with Crippen LogP contribution in [0.2, 0.25) is 0 Å². The summed E-state index contributed by atoms with van der Waals surface area (Å²) in [5.74, 6) is 2.44. The van der Waals surface area contributed by atoms with Gasteiger partial charge in [-0.05, 0) is 10.1 Å². The van der Waals surface area contributed by atoms with E-state index in [-0.39, 0.29) is 6.61 Å². The zero-order chi connectivity index (χ0) is 10.1. The first kappa shape index (κ1) is 12.1. The molecule has 0 saturated carbocycles. The lowest BCUT2D eigenvalue weighted by Crippen LogP contribution is -1.91. The van der Waals surface area contributed by atoms with Crippen LogP contribution in [0.15, 0.2) is 24.8 Å².